The van der Waals surface area contributed by atoms with Gasteiger partial charge in [-0.1, -0.05) is 64.4 Å². The van der Waals surface area contributed by atoms with E-state index in [-0.39, 0.29) is 0 Å². The summed E-state index contributed by atoms with van der Waals surface area (Å²) in [6.07, 6.45) is 14.8. The van der Waals surface area contributed by atoms with E-state index in [4.69, 9.17) is 4.43 Å². The van der Waals surface area contributed by atoms with Gasteiger partial charge in [-0.15, -0.1) is 6.58 Å². The molecule has 0 heterocycles. The van der Waals surface area contributed by atoms with E-state index in [1.165, 1.54) is 57.8 Å². The third kappa shape index (κ3) is 12.7. The topological polar surface area (TPSA) is 9.23 Å². The molecule has 0 radical (unpaired) electrons. The molecule has 1 unspecified atom stereocenters. The predicted molar refractivity (Wildman–Crippen MR) is 90.3 cm³/mol. The highest BCUT2D eigenvalue weighted by molar-refractivity contribution is 6.71. The van der Waals surface area contributed by atoms with Gasteiger partial charge in [0.25, 0.3) is 0 Å². The van der Waals surface area contributed by atoms with Crippen LogP contribution in [-0.4, -0.2) is 14.4 Å². The Bertz CT molecular complexity index is 213. The predicted octanol–water partition coefficient (Wildman–Crippen LogP) is 6.31. The first kappa shape index (κ1) is 18.9. The van der Waals surface area contributed by atoms with Crippen LogP contribution in [0.25, 0.3) is 0 Å². The van der Waals surface area contributed by atoms with Gasteiger partial charge in [-0.25, -0.2) is 0 Å². The Morgan fingerprint density at radius 2 is 1.53 bits per heavy atom. The lowest BCUT2D eigenvalue weighted by Gasteiger charge is -2.26. The van der Waals surface area contributed by atoms with E-state index in [1.54, 1.807) is 0 Å². The zero-order chi connectivity index (χ0) is 14.6. The van der Waals surface area contributed by atoms with Gasteiger partial charge in [0.15, 0.2) is 8.32 Å². The maximum Gasteiger partial charge on any atom is 0.190 e. The Morgan fingerprint density at radius 3 is 2.05 bits per heavy atom. The summed E-state index contributed by atoms with van der Waals surface area (Å²) in [4.78, 5) is 0. The SMILES string of the molecule is C=CC[Si](C)(C)OC(C)CCCCCCCCCC. The van der Waals surface area contributed by atoms with Crippen LogP contribution in [0.15, 0.2) is 12.7 Å². The van der Waals surface area contributed by atoms with Gasteiger partial charge in [-0.3, -0.25) is 0 Å². The highest BCUT2D eigenvalue weighted by Gasteiger charge is 2.22. The van der Waals surface area contributed by atoms with E-state index in [0.29, 0.717) is 6.10 Å². The summed E-state index contributed by atoms with van der Waals surface area (Å²) < 4.78 is 6.21. The van der Waals surface area contributed by atoms with E-state index >= 15 is 0 Å². The van der Waals surface area contributed by atoms with E-state index in [1.807, 2.05) is 6.08 Å². The molecule has 0 spiro atoms. The van der Waals surface area contributed by atoms with Crippen LogP contribution in [0.3, 0.4) is 0 Å². The Labute approximate surface area is 123 Å². The normalized spacial score (nSPS) is 13.5. The minimum absolute atomic E-state index is 0.432. The van der Waals surface area contributed by atoms with Crippen LogP contribution >= 0.6 is 0 Å². The van der Waals surface area contributed by atoms with E-state index in [2.05, 4.69) is 33.5 Å². The van der Waals surface area contributed by atoms with Gasteiger partial charge in [0, 0.05) is 6.10 Å². The summed E-state index contributed by atoms with van der Waals surface area (Å²) >= 11 is 0. The fourth-order valence-corrected chi connectivity index (χ4v) is 4.56. The molecule has 0 aromatic heterocycles. The number of allylic oxidation sites excluding steroid dienone is 1. The molecule has 0 rings (SSSR count). The van der Waals surface area contributed by atoms with Gasteiger partial charge < -0.3 is 4.43 Å². The minimum atomic E-state index is -1.47. The van der Waals surface area contributed by atoms with Crippen molar-refractivity contribution in [3.63, 3.8) is 0 Å². The van der Waals surface area contributed by atoms with Crippen LogP contribution in [0, 0.1) is 0 Å². The van der Waals surface area contributed by atoms with Crippen molar-refractivity contribution in [3.8, 4) is 0 Å². The quantitative estimate of drug-likeness (QED) is 0.219. The second kappa shape index (κ2) is 11.7. The molecule has 0 aliphatic carbocycles. The summed E-state index contributed by atoms with van der Waals surface area (Å²) in [5, 5.41) is 0. The first-order chi connectivity index (χ1) is 9.02. The van der Waals surface area contributed by atoms with Gasteiger partial charge >= 0.3 is 0 Å². The van der Waals surface area contributed by atoms with Crippen LogP contribution in [0.2, 0.25) is 19.1 Å². The van der Waals surface area contributed by atoms with Crippen molar-refractivity contribution in [2.45, 2.75) is 96.9 Å². The van der Waals surface area contributed by atoms with E-state index in [0.717, 1.165) is 6.04 Å². The van der Waals surface area contributed by atoms with Gasteiger partial charge in [0.2, 0.25) is 0 Å². The van der Waals surface area contributed by atoms with Crippen LogP contribution < -0.4 is 0 Å². The summed E-state index contributed by atoms with van der Waals surface area (Å²) in [5.41, 5.74) is 0. The molecule has 0 aromatic carbocycles. The summed E-state index contributed by atoms with van der Waals surface area (Å²) in [7, 11) is -1.47. The fourth-order valence-electron chi connectivity index (χ4n) is 2.56. The van der Waals surface area contributed by atoms with Crippen LogP contribution in [0.4, 0.5) is 0 Å². The monoisotopic (exact) mass is 284 g/mol. The van der Waals surface area contributed by atoms with Gasteiger partial charge in [-0.2, -0.15) is 0 Å². The minimum Gasteiger partial charge on any atom is -0.414 e. The Morgan fingerprint density at radius 1 is 1.00 bits per heavy atom. The van der Waals surface area contributed by atoms with Crippen molar-refractivity contribution in [2.75, 3.05) is 0 Å². The lowest BCUT2D eigenvalue weighted by molar-refractivity contribution is 0.197. The first-order valence-corrected chi connectivity index (χ1v) is 11.4. The maximum absolute atomic E-state index is 6.21. The molecule has 1 nitrogen and oxygen atoms in total. The number of unbranched alkanes of at least 4 members (excludes halogenated alkanes) is 7. The van der Waals surface area contributed by atoms with Gasteiger partial charge in [-0.05, 0) is 32.5 Å². The number of hydrogen-bond donors (Lipinski definition) is 0. The van der Waals surface area contributed by atoms with Crippen LogP contribution in [-0.2, 0) is 4.43 Å². The van der Waals surface area contributed by atoms with Crippen LogP contribution in [0.1, 0.15) is 71.6 Å². The third-order valence-corrected chi connectivity index (χ3v) is 5.93. The van der Waals surface area contributed by atoms with E-state index < -0.39 is 8.32 Å². The van der Waals surface area contributed by atoms with Crippen molar-refractivity contribution in [1.29, 1.82) is 0 Å². The van der Waals surface area contributed by atoms with Crippen molar-refractivity contribution < 1.29 is 4.43 Å². The third-order valence-electron chi connectivity index (χ3n) is 3.62. The highest BCUT2D eigenvalue weighted by atomic mass is 28.4. The molecule has 2 heteroatoms. The Kier molecular flexibility index (Phi) is 11.7. The smallest absolute Gasteiger partial charge is 0.190 e. The zero-order valence-corrected chi connectivity index (χ0v) is 14.8. The standard InChI is InChI=1S/C17H36OSi/c1-6-8-9-10-11-12-13-14-15-17(3)18-19(4,5)16-7-2/h7,17H,2,6,8-16H2,1,3-5H3. The summed E-state index contributed by atoms with van der Waals surface area (Å²) in [6, 6.07) is 1.06. The zero-order valence-electron chi connectivity index (χ0n) is 13.8. The molecular formula is C17H36OSi. The Balaban J connectivity index is 3.43. The molecular weight excluding hydrogens is 248 g/mol. The molecule has 0 bridgehead atoms. The number of hydrogen-bond acceptors (Lipinski definition) is 1. The average molecular weight is 285 g/mol. The molecule has 0 saturated carbocycles. The molecule has 0 aromatic rings. The largest absolute Gasteiger partial charge is 0.414 e. The second-order valence-electron chi connectivity index (χ2n) is 6.44. The van der Waals surface area contributed by atoms with Crippen molar-refractivity contribution in [3.05, 3.63) is 12.7 Å². The van der Waals surface area contributed by atoms with Gasteiger partial charge in [0.05, 0.1) is 0 Å². The lowest BCUT2D eigenvalue weighted by Crippen LogP contribution is -2.33. The summed E-state index contributed by atoms with van der Waals surface area (Å²) in [6.45, 7) is 12.9. The molecule has 114 valence electrons. The lowest BCUT2D eigenvalue weighted by atomic mass is 10.1. The molecule has 0 aliphatic heterocycles. The van der Waals surface area contributed by atoms with Crippen molar-refractivity contribution in [2.24, 2.45) is 0 Å². The molecule has 0 amide bonds. The molecule has 0 saturated heterocycles. The fraction of sp³-hybridized carbons (Fsp3) is 0.882. The average Bonchev–Trinajstić information content (AvgIpc) is 2.31. The van der Waals surface area contributed by atoms with Crippen LogP contribution in [0.5, 0.6) is 0 Å². The highest BCUT2D eigenvalue weighted by Crippen LogP contribution is 2.18. The first-order valence-electron chi connectivity index (χ1n) is 8.30. The maximum atomic E-state index is 6.21. The Hall–Kier alpha value is -0.0831. The molecule has 0 aliphatic rings. The molecule has 19 heavy (non-hydrogen) atoms. The molecule has 1 atom stereocenters. The second-order valence-corrected chi connectivity index (χ2v) is 10.6. The molecule has 0 N–H and O–H groups in total. The molecule has 0 fully saturated rings. The number of rotatable bonds is 13. The van der Waals surface area contributed by atoms with E-state index in [9.17, 15) is 0 Å². The van der Waals surface area contributed by atoms with Crippen molar-refractivity contribution in [1.82, 2.24) is 0 Å². The van der Waals surface area contributed by atoms with Crippen molar-refractivity contribution >= 4 is 8.32 Å². The van der Waals surface area contributed by atoms with Gasteiger partial charge in [0.1, 0.15) is 0 Å². The summed E-state index contributed by atoms with van der Waals surface area (Å²) in [5.74, 6) is 0.